The van der Waals surface area contributed by atoms with Gasteiger partial charge in [0, 0.05) is 19.3 Å². The van der Waals surface area contributed by atoms with E-state index in [-0.39, 0.29) is 12.0 Å². The summed E-state index contributed by atoms with van der Waals surface area (Å²) in [6.45, 7) is 3.75. The van der Waals surface area contributed by atoms with Gasteiger partial charge in [-0.25, -0.2) is 0 Å². The smallest absolute Gasteiger partial charge is 0.186 e. The molecule has 0 aliphatic carbocycles. The van der Waals surface area contributed by atoms with Crippen LogP contribution in [0.4, 0.5) is 0 Å². The second kappa shape index (κ2) is 4.45. The lowest BCUT2D eigenvalue weighted by atomic mass is 10.2. The van der Waals surface area contributed by atoms with Crippen LogP contribution in [0.2, 0.25) is 0 Å². The van der Waals surface area contributed by atoms with Gasteiger partial charge in [-0.1, -0.05) is 6.08 Å². The van der Waals surface area contributed by atoms with Gasteiger partial charge < -0.3 is 15.0 Å². The Bertz CT molecular complexity index is 459. The Labute approximate surface area is 101 Å². The number of nitrogens with zero attached hydrogens (tertiary/aromatic N) is 2. The van der Waals surface area contributed by atoms with Crippen molar-refractivity contribution in [2.24, 2.45) is 4.99 Å². The van der Waals surface area contributed by atoms with Crippen LogP contribution in [-0.2, 0) is 4.74 Å². The average molecular weight is 232 g/mol. The first kappa shape index (κ1) is 11.4. The first-order valence-corrected chi connectivity index (χ1v) is 5.41. The number of hydrogen-bond donors (Lipinski definition) is 2. The summed E-state index contributed by atoms with van der Waals surface area (Å²) in [5, 5.41) is 11.1. The van der Waals surface area contributed by atoms with Crippen LogP contribution in [0.25, 0.3) is 0 Å². The molecule has 2 N–H and O–H groups in total. The quantitative estimate of drug-likeness (QED) is 0.533. The van der Waals surface area contributed by atoms with E-state index in [0.29, 0.717) is 5.90 Å². The van der Waals surface area contributed by atoms with Gasteiger partial charge in [0.1, 0.15) is 11.9 Å². The molecule has 2 rings (SSSR count). The minimum atomic E-state index is 0.0899. The molecule has 1 unspecified atom stereocenters. The van der Waals surface area contributed by atoms with Crippen LogP contribution in [0.15, 0.2) is 40.8 Å². The summed E-state index contributed by atoms with van der Waals surface area (Å²) < 4.78 is 4.95. The summed E-state index contributed by atoms with van der Waals surface area (Å²) in [7, 11) is 1.55. The molecule has 17 heavy (non-hydrogen) atoms. The third-order valence-electron chi connectivity index (χ3n) is 2.66. The lowest BCUT2D eigenvalue weighted by molar-refractivity contribution is 0.398. The minimum absolute atomic E-state index is 0.0899. The van der Waals surface area contributed by atoms with Crippen molar-refractivity contribution in [2.75, 3.05) is 7.11 Å². The molecular formula is C12H16N4O. The van der Waals surface area contributed by atoms with Gasteiger partial charge in [0.2, 0.25) is 0 Å². The largest absolute Gasteiger partial charge is 0.484 e. The van der Waals surface area contributed by atoms with Crippen molar-refractivity contribution in [2.45, 2.75) is 20.0 Å². The SMILES string of the molecule is CO/C(C)=N\C(=N)C1=CNC2C=CC(C)=CN12. The molecule has 5 heteroatoms. The molecule has 0 aromatic rings. The van der Waals surface area contributed by atoms with Gasteiger partial charge in [-0.05, 0) is 18.6 Å². The van der Waals surface area contributed by atoms with Gasteiger partial charge in [-0.15, -0.1) is 0 Å². The fourth-order valence-corrected chi connectivity index (χ4v) is 1.72. The highest BCUT2D eigenvalue weighted by atomic mass is 16.5. The van der Waals surface area contributed by atoms with Crippen molar-refractivity contribution in [1.29, 1.82) is 5.41 Å². The zero-order chi connectivity index (χ0) is 12.4. The normalized spacial score (nSPS) is 22.6. The number of allylic oxidation sites excluding steroid dienone is 2. The Kier molecular flexibility index (Phi) is 2.99. The molecule has 0 bridgehead atoms. The maximum Gasteiger partial charge on any atom is 0.186 e. The predicted octanol–water partition coefficient (Wildman–Crippen LogP) is 1.57. The number of rotatable bonds is 1. The van der Waals surface area contributed by atoms with Crippen molar-refractivity contribution >= 4 is 11.7 Å². The molecule has 1 atom stereocenters. The molecule has 0 aromatic carbocycles. The third kappa shape index (κ3) is 2.22. The number of fused-ring (bicyclic) bond motifs is 1. The fourth-order valence-electron chi connectivity index (χ4n) is 1.72. The molecule has 2 aliphatic heterocycles. The Morgan fingerprint density at radius 1 is 1.59 bits per heavy atom. The van der Waals surface area contributed by atoms with Gasteiger partial charge in [0.05, 0.1) is 7.11 Å². The Morgan fingerprint density at radius 3 is 3.06 bits per heavy atom. The van der Waals surface area contributed by atoms with E-state index in [1.165, 1.54) is 0 Å². The zero-order valence-electron chi connectivity index (χ0n) is 10.2. The highest BCUT2D eigenvalue weighted by Gasteiger charge is 2.26. The van der Waals surface area contributed by atoms with E-state index in [1.54, 1.807) is 20.2 Å². The van der Waals surface area contributed by atoms with Gasteiger partial charge in [-0.2, -0.15) is 4.99 Å². The van der Waals surface area contributed by atoms with Crippen molar-refractivity contribution in [3.05, 3.63) is 35.8 Å². The first-order valence-electron chi connectivity index (χ1n) is 5.41. The van der Waals surface area contributed by atoms with Crippen LogP contribution in [-0.4, -0.2) is 29.9 Å². The molecule has 0 radical (unpaired) electrons. The first-order chi connectivity index (χ1) is 8.11. The van der Waals surface area contributed by atoms with Crippen LogP contribution in [0.3, 0.4) is 0 Å². The number of methoxy groups -OCH3 is 1. The van der Waals surface area contributed by atoms with E-state index >= 15 is 0 Å². The van der Waals surface area contributed by atoms with E-state index in [4.69, 9.17) is 10.1 Å². The molecule has 0 fully saturated rings. The predicted molar refractivity (Wildman–Crippen MR) is 67.6 cm³/mol. The number of aliphatic imine (C=N–C) groups is 1. The molecule has 2 heterocycles. The van der Waals surface area contributed by atoms with Gasteiger partial charge >= 0.3 is 0 Å². The van der Waals surface area contributed by atoms with Crippen LogP contribution in [0.1, 0.15) is 13.8 Å². The van der Waals surface area contributed by atoms with Crippen LogP contribution in [0.5, 0.6) is 0 Å². The number of ether oxygens (including phenoxy) is 1. The highest BCUT2D eigenvalue weighted by molar-refractivity contribution is 6.02. The van der Waals surface area contributed by atoms with E-state index in [2.05, 4.69) is 22.5 Å². The van der Waals surface area contributed by atoms with Crippen molar-refractivity contribution < 1.29 is 4.74 Å². The van der Waals surface area contributed by atoms with Gasteiger partial charge in [-0.3, -0.25) is 5.41 Å². The minimum Gasteiger partial charge on any atom is -0.484 e. The van der Waals surface area contributed by atoms with Gasteiger partial charge in [0.15, 0.2) is 11.7 Å². The summed E-state index contributed by atoms with van der Waals surface area (Å²) in [4.78, 5) is 6.06. The monoisotopic (exact) mass is 232 g/mol. The molecule has 0 saturated carbocycles. The van der Waals surface area contributed by atoms with Crippen molar-refractivity contribution in [1.82, 2.24) is 10.2 Å². The van der Waals surface area contributed by atoms with Crippen molar-refractivity contribution in [3.63, 3.8) is 0 Å². The Hall–Kier alpha value is -2.04. The standard InChI is InChI=1S/C12H16N4O/c1-8-4-5-11-14-6-10(16(11)7-8)12(13)15-9(2)17-3/h4-7,11,13-14H,1-3H3/b13-12?,15-9-. The highest BCUT2D eigenvalue weighted by Crippen LogP contribution is 2.22. The lowest BCUT2D eigenvalue weighted by Gasteiger charge is -2.26. The summed E-state index contributed by atoms with van der Waals surface area (Å²) in [6, 6.07) is 0. The summed E-state index contributed by atoms with van der Waals surface area (Å²) in [5.74, 6) is 0.673. The molecule has 0 saturated heterocycles. The van der Waals surface area contributed by atoms with Crippen molar-refractivity contribution in [3.8, 4) is 0 Å². The second-order valence-corrected chi connectivity index (χ2v) is 3.96. The molecule has 0 aromatic heterocycles. The van der Waals surface area contributed by atoms with Gasteiger partial charge in [0.25, 0.3) is 0 Å². The number of amidine groups is 1. The number of hydrogen-bond acceptors (Lipinski definition) is 4. The Balaban J connectivity index is 2.19. The molecule has 2 aliphatic rings. The fraction of sp³-hybridized carbons (Fsp3) is 0.333. The topological polar surface area (TPSA) is 60.7 Å². The third-order valence-corrected chi connectivity index (χ3v) is 2.66. The van der Waals surface area contributed by atoms with Crippen LogP contribution in [0, 0.1) is 5.41 Å². The molecule has 90 valence electrons. The van der Waals surface area contributed by atoms with Crippen LogP contribution >= 0.6 is 0 Å². The number of nitrogens with one attached hydrogen (secondary N) is 2. The Morgan fingerprint density at radius 2 is 2.35 bits per heavy atom. The molecule has 0 spiro atoms. The average Bonchev–Trinajstić information content (AvgIpc) is 2.71. The van der Waals surface area contributed by atoms with E-state index < -0.39 is 0 Å². The maximum absolute atomic E-state index is 7.94. The summed E-state index contributed by atoms with van der Waals surface area (Å²) in [6.07, 6.45) is 8.01. The van der Waals surface area contributed by atoms with E-state index in [1.807, 2.05) is 18.0 Å². The molecular weight excluding hydrogens is 216 g/mol. The zero-order valence-corrected chi connectivity index (χ0v) is 10.2. The summed E-state index contributed by atoms with van der Waals surface area (Å²) >= 11 is 0. The van der Waals surface area contributed by atoms with Crippen LogP contribution < -0.4 is 5.32 Å². The summed E-state index contributed by atoms with van der Waals surface area (Å²) in [5.41, 5.74) is 1.89. The van der Waals surface area contributed by atoms with E-state index in [9.17, 15) is 0 Å². The maximum atomic E-state index is 7.94. The lowest BCUT2D eigenvalue weighted by Crippen LogP contribution is -2.34. The molecule has 5 nitrogen and oxygen atoms in total. The second-order valence-electron chi connectivity index (χ2n) is 3.96. The van der Waals surface area contributed by atoms with E-state index in [0.717, 1.165) is 11.3 Å². The molecule has 0 amide bonds.